The first-order chi connectivity index (χ1) is 36.1. The normalized spacial score (nSPS) is 17.4. The Labute approximate surface area is 445 Å². The number of likely N-dealkylation sites (tertiary alicyclic amines) is 1. The predicted octanol–water partition coefficient (Wildman–Crippen LogP) is -8.50. The summed E-state index contributed by atoms with van der Waals surface area (Å²) in [6.07, 6.45) is -4.65. The van der Waals surface area contributed by atoms with Crippen molar-refractivity contribution in [3.63, 3.8) is 0 Å². The molecular weight excluding hydrogens is 1050 g/mol. The van der Waals surface area contributed by atoms with Crippen LogP contribution in [0.15, 0.2) is 0 Å². The lowest BCUT2D eigenvalue weighted by molar-refractivity contribution is -0.148. The van der Waals surface area contributed by atoms with Gasteiger partial charge in [0.2, 0.25) is 59.1 Å². The Morgan fingerprint density at radius 2 is 1.05 bits per heavy atom. The van der Waals surface area contributed by atoms with Crippen LogP contribution in [0, 0.1) is 0 Å². The molecule has 0 bridgehead atoms. The van der Waals surface area contributed by atoms with E-state index in [4.69, 9.17) is 22.3 Å². The number of hydrogen-bond donors (Lipinski definition) is 18. The van der Waals surface area contributed by atoms with Gasteiger partial charge in [0, 0.05) is 19.4 Å². The van der Waals surface area contributed by atoms with Crippen LogP contribution >= 0.6 is 11.8 Å². The van der Waals surface area contributed by atoms with Gasteiger partial charge in [-0.3, -0.25) is 57.5 Å². The van der Waals surface area contributed by atoms with E-state index in [-0.39, 0.29) is 51.6 Å². The third-order valence-corrected chi connectivity index (χ3v) is 12.4. The van der Waals surface area contributed by atoms with Crippen molar-refractivity contribution < 1.29 is 98.1 Å². The molecule has 12 atom stereocenters. The molecule has 0 unspecified atom stereocenters. The fourth-order valence-electron chi connectivity index (χ4n) is 7.40. The van der Waals surface area contributed by atoms with Crippen molar-refractivity contribution in [3.8, 4) is 0 Å². The highest BCUT2D eigenvalue weighted by Gasteiger charge is 2.42. The number of carbonyl (C=O) groups is 13. The van der Waals surface area contributed by atoms with Crippen LogP contribution in [-0.2, 0) is 62.3 Å². The van der Waals surface area contributed by atoms with Crippen molar-refractivity contribution in [1.29, 1.82) is 0 Å². The molecule has 1 aliphatic rings. The van der Waals surface area contributed by atoms with Crippen LogP contribution in [0.1, 0.15) is 84.5 Å². The average Bonchev–Trinajstić information content (AvgIpc) is 3.86. The summed E-state index contributed by atoms with van der Waals surface area (Å²) >= 11 is 1.41. The molecule has 1 rings (SSSR count). The number of carboxylic acids is 3. The molecule has 0 aliphatic carbocycles. The third kappa shape index (κ3) is 24.0. The van der Waals surface area contributed by atoms with Crippen molar-refractivity contribution >= 4 is 88.7 Å². The maximum Gasteiger partial charge on any atom is 0.326 e. The summed E-state index contributed by atoms with van der Waals surface area (Å²) in [5.41, 5.74) is 16.7. The first kappa shape index (κ1) is 68.2. The zero-order valence-electron chi connectivity index (χ0n) is 42.8. The number of aliphatic hydroxyl groups is 4. The maximum atomic E-state index is 14.0. The number of nitrogens with zero attached hydrogens (tertiary/aromatic N) is 1. The number of aliphatic carboxylic acids is 3. The summed E-state index contributed by atoms with van der Waals surface area (Å²) in [4.78, 5) is 169. The summed E-state index contributed by atoms with van der Waals surface area (Å²) in [5, 5.41) is 86.4. The second kappa shape index (κ2) is 34.8. The highest BCUT2D eigenvalue weighted by Crippen LogP contribution is 2.20. The molecule has 0 spiro atoms. The molecule has 0 radical (unpaired) electrons. The van der Waals surface area contributed by atoms with Gasteiger partial charge in [-0.05, 0) is 83.8 Å². The second-order valence-corrected chi connectivity index (χ2v) is 18.9. The third-order valence-electron chi connectivity index (χ3n) is 11.7. The molecular formula is C44H74N12O20S. The second-order valence-electron chi connectivity index (χ2n) is 17.9. The molecule has 10 amide bonds. The van der Waals surface area contributed by atoms with Crippen LogP contribution in [0.2, 0.25) is 0 Å². The first-order valence-corrected chi connectivity index (χ1v) is 25.7. The van der Waals surface area contributed by atoms with E-state index in [0.29, 0.717) is 5.75 Å². The molecule has 1 fully saturated rings. The average molecular weight is 1120 g/mol. The van der Waals surface area contributed by atoms with Crippen LogP contribution in [-0.4, -0.2) is 229 Å². The van der Waals surface area contributed by atoms with Crippen LogP contribution in [0.5, 0.6) is 0 Å². The number of thioether (sulfide) groups is 1. The molecule has 1 saturated heterocycles. The molecule has 1 heterocycles. The smallest absolute Gasteiger partial charge is 0.326 e. The van der Waals surface area contributed by atoms with Gasteiger partial charge in [0.1, 0.15) is 54.4 Å². The summed E-state index contributed by atoms with van der Waals surface area (Å²) in [7, 11) is 0. The molecule has 0 aromatic heterocycles. The minimum atomic E-state index is -2.00. The fraction of sp³-hybridized carbons (Fsp3) is 0.705. The summed E-state index contributed by atoms with van der Waals surface area (Å²) in [6.45, 7) is 0.0585. The quantitative estimate of drug-likeness (QED) is 0.0257. The van der Waals surface area contributed by atoms with Gasteiger partial charge in [-0.2, -0.15) is 11.8 Å². The fourth-order valence-corrected chi connectivity index (χ4v) is 7.89. The molecule has 0 aromatic carbocycles. The van der Waals surface area contributed by atoms with Gasteiger partial charge in [0.05, 0.1) is 37.9 Å². The van der Waals surface area contributed by atoms with Gasteiger partial charge in [-0.1, -0.05) is 0 Å². The van der Waals surface area contributed by atoms with E-state index in [1.165, 1.54) is 11.8 Å². The summed E-state index contributed by atoms with van der Waals surface area (Å²) in [5.74, 6) is -15.3. The van der Waals surface area contributed by atoms with Gasteiger partial charge in [-0.25, -0.2) is 4.79 Å². The highest BCUT2D eigenvalue weighted by molar-refractivity contribution is 7.98. The zero-order valence-corrected chi connectivity index (χ0v) is 43.6. The number of nitrogens with two attached hydrogens (primary N) is 3. The number of amides is 10. The Hall–Kier alpha value is -6.78. The van der Waals surface area contributed by atoms with Gasteiger partial charge < -0.3 is 100 Å². The van der Waals surface area contributed by atoms with Gasteiger partial charge in [-0.15, -0.1) is 0 Å². The van der Waals surface area contributed by atoms with Crippen LogP contribution in [0.3, 0.4) is 0 Å². The van der Waals surface area contributed by atoms with Gasteiger partial charge >= 0.3 is 17.9 Å². The molecule has 21 N–H and O–H groups in total. The number of unbranched alkanes of at least 4 members (excludes halogenated alkanes) is 1. The minimum absolute atomic E-state index is 0.0607. The number of primary amides is 1. The van der Waals surface area contributed by atoms with Crippen molar-refractivity contribution in [3.05, 3.63) is 0 Å². The Morgan fingerprint density at radius 1 is 0.584 bits per heavy atom. The molecule has 33 heteroatoms. The van der Waals surface area contributed by atoms with E-state index in [0.717, 1.165) is 18.7 Å². The van der Waals surface area contributed by atoms with Crippen LogP contribution in [0.25, 0.3) is 0 Å². The van der Waals surface area contributed by atoms with E-state index in [1.54, 1.807) is 6.26 Å². The first-order valence-electron chi connectivity index (χ1n) is 24.3. The largest absolute Gasteiger partial charge is 0.481 e. The number of hydrogen-bond acceptors (Lipinski definition) is 20. The molecule has 0 saturated carbocycles. The van der Waals surface area contributed by atoms with Crippen LogP contribution < -0.4 is 59.7 Å². The number of rotatable bonds is 37. The monoisotopic (exact) mass is 1120 g/mol. The van der Waals surface area contributed by atoms with Crippen molar-refractivity contribution in [1.82, 2.24) is 47.4 Å². The van der Waals surface area contributed by atoms with E-state index in [1.807, 2.05) is 5.32 Å². The van der Waals surface area contributed by atoms with Gasteiger partial charge in [0.15, 0.2) is 0 Å². The Bertz CT molecular complexity index is 2090. The number of carboxylic acid groups (broad SMARTS) is 3. The number of aliphatic hydroxyl groups excluding tert-OH is 4. The van der Waals surface area contributed by atoms with E-state index >= 15 is 0 Å². The Morgan fingerprint density at radius 3 is 1.55 bits per heavy atom. The van der Waals surface area contributed by atoms with E-state index < -0.39 is 195 Å². The number of carbonyl (C=O) groups excluding carboxylic acids is 10. The minimum Gasteiger partial charge on any atom is -0.481 e. The summed E-state index contributed by atoms with van der Waals surface area (Å²) in [6, 6.07) is -16.8. The van der Waals surface area contributed by atoms with Gasteiger partial charge in [0.25, 0.3) is 0 Å². The SMILES string of the molecule is CSCC[C@H](N)C(=O)N[C@@H](CO)C(=O)N[C@@H](CO)C(=O)N[C@H](C(=O)N1CCC[C@H]1C(=O)N[C@@H](CCC(=O)O)C(=O)N[C@@H](CCCCN)C(=O)N[C@@H](CCC(N)=O)C(=O)N[C@H](C(=O)N[C@@H](CC(=O)O)C(=O)O)[C@@H](C)O)[C@@H](C)O. The standard InChI is InChI=1S/C44H74N12O20S/c1-20(59)33(42(73)51-26(44(75)76)17-32(64)65)54-38(69)24(9-11-30(47)61)49-36(67)23(7-4-5-14-45)48-37(68)25(10-12-31(62)63)50-41(72)29-8-6-15-56(29)43(74)34(21(2)60)55-40(71)28(19-58)53-39(70)27(18-57)52-35(66)22(46)13-16-77-3/h20-29,33-34,57-60H,4-19,45-46H2,1-3H3,(H2,47,61)(H,48,68)(H,49,67)(H,50,72)(H,51,73)(H,52,66)(H,53,70)(H,54,69)(H,55,71)(H,62,63)(H,64,65)(H,75,76)/t20-,21-,22+,23+,24+,25+,26+,27+,28+,29+,33+,34+/m1/s1. The molecule has 436 valence electrons. The molecule has 32 nitrogen and oxygen atoms in total. The number of nitrogens with one attached hydrogen (secondary N) is 8. The maximum absolute atomic E-state index is 14.0. The zero-order chi connectivity index (χ0) is 58.7. The van der Waals surface area contributed by atoms with E-state index in [2.05, 4.69) is 37.2 Å². The molecule has 1 aliphatic heterocycles. The predicted molar refractivity (Wildman–Crippen MR) is 267 cm³/mol. The van der Waals surface area contributed by atoms with E-state index in [9.17, 15) is 93.0 Å². The Balaban J connectivity index is 3.41. The van der Waals surface area contributed by atoms with Crippen molar-refractivity contribution in [2.45, 2.75) is 157 Å². The topological polar surface area (TPSA) is 541 Å². The Kier molecular flexibility index (Phi) is 30.8. The van der Waals surface area contributed by atoms with Crippen LogP contribution in [0.4, 0.5) is 0 Å². The summed E-state index contributed by atoms with van der Waals surface area (Å²) < 4.78 is 0. The lowest BCUT2D eigenvalue weighted by atomic mass is 10.0. The highest BCUT2D eigenvalue weighted by atomic mass is 32.2. The van der Waals surface area contributed by atoms with Crippen molar-refractivity contribution in [2.24, 2.45) is 17.2 Å². The lowest BCUT2D eigenvalue weighted by Gasteiger charge is -2.32. The lowest BCUT2D eigenvalue weighted by Crippen LogP contribution is -2.62. The van der Waals surface area contributed by atoms with Crippen molar-refractivity contribution in [2.75, 3.05) is 38.3 Å². The molecule has 77 heavy (non-hydrogen) atoms. The molecule has 0 aromatic rings.